The molecule has 0 bridgehead atoms. The van der Waals surface area contributed by atoms with Crippen molar-refractivity contribution in [2.75, 3.05) is 13.1 Å². The Balaban J connectivity index is 0.00000194. The van der Waals surface area contributed by atoms with Gasteiger partial charge in [0.1, 0.15) is 11.4 Å². The monoisotopic (exact) mass is 730 g/mol. The van der Waals surface area contributed by atoms with Gasteiger partial charge in [-0.3, -0.25) is 9.80 Å². The summed E-state index contributed by atoms with van der Waals surface area (Å²) in [5.74, 6) is 0.390. The van der Waals surface area contributed by atoms with E-state index >= 15 is 0 Å². The molecular weight excluding hydrogens is 678 g/mol. The molecule has 2 saturated heterocycles. The fraction of sp³-hybridized carbons (Fsp3) is 0.304. The molecule has 0 aromatic heterocycles. The quantitative estimate of drug-likeness (QED) is 0.111. The van der Waals surface area contributed by atoms with Gasteiger partial charge in [-0.25, -0.2) is 0 Å². The van der Waals surface area contributed by atoms with Gasteiger partial charge >= 0.3 is 19.5 Å². The van der Waals surface area contributed by atoms with E-state index in [0.29, 0.717) is 24.9 Å². The smallest absolute Gasteiger partial charge is 0.507 e. The van der Waals surface area contributed by atoms with Crippen LogP contribution >= 0.6 is 0 Å². The number of nitrogens with zero attached hydrogens (tertiary/aromatic N) is 2. The van der Waals surface area contributed by atoms with Crippen molar-refractivity contribution < 1.29 is 29.7 Å². The zero-order valence-corrected chi connectivity index (χ0v) is 34.0. The molecule has 262 valence electrons. The third-order valence-corrected chi connectivity index (χ3v) is 11.2. The molecule has 0 spiro atoms. The molecular formula is C46H54N2O2Zn. The Morgan fingerprint density at radius 2 is 0.941 bits per heavy atom. The van der Waals surface area contributed by atoms with Gasteiger partial charge in [0.25, 0.3) is 0 Å². The summed E-state index contributed by atoms with van der Waals surface area (Å²) in [6.45, 7) is 7.69. The third-order valence-electron chi connectivity index (χ3n) is 11.2. The summed E-state index contributed by atoms with van der Waals surface area (Å²) >= 11 is 0. The molecule has 0 aliphatic carbocycles. The minimum atomic E-state index is -1.16. The molecule has 2 unspecified atom stereocenters. The fourth-order valence-corrected chi connectivity index (χ4v) is 8.83. The van der Waals surface area contributed by atoms with E-state index in [1.54, 1.807) is 0 Å². The van der Waals surface area contributed by atoms with E-state index in [2.05, 4.69) is 96.4 Å². The molecule has 5 aromatic rings. The zero-order valence-electron chi connectivity index (χ0n) is 31.0. The number of phenols is 1. The van der Waals surface area contributed by atoms with Crippen molar-refractivity contribution >= 4 is 0 Å². The normalized spacial score (nSPS) is 18.0. The summed E-state index contributed by atoms with van der Waals surface area (Å²) < 4.78 is 0. The summed E-state index contributed by atoms with van der Waals surface area (Å²) in [6, 6.07) is 46.5. The van der Waals surface area contributed by atoms with Crippen molar-refractivity contribution in [3.63, 3.8) is 0 Å². The van der Waals surface area contributed by atoms with E-state index in [1.807, 2.05) is 60.7 Å². The van der Waals surface area contributed by atoms with Gasteiger partial charge in [0.05, 0.1) is 0 Å². The average molecular weight is 732 g/mol. The Bertz CT molecular complexity index is 1590. The van der Waals surface area contributed by atoms with Crippen LogP contribution in [0.1, 0.15) is 71.6 Å². The van der Waals surface area contributed by atoms with Crippen LogP contribution in [0.3, 0.4) is 0 Å². The van der Waals surface area contributed by atoms with E-state index in [9.17, 15) is 10.2 Å². The summed E-state index contributed by atoms with van der Waals surface area (Å²) in [4.78, 5) is 4.99. The van der Waals surface area contributed by atoms with Crippen molar-refractivity contribution in [3.05, 3.63) is 187 Å². The first-order chi connectivity index (χ1) is 23.4. The maximum absolute atomic E-state index is 12.7. The third kappa shape index (κ3) is 7.79. The maximum Gasteiger partial charge on any atom is 2.00 e. The first kappa shape index (κ1) is 40.2. The number of benzene rings is 5. The molecule has 5 aromatic carbocycles. The second-order valence-corrected chi connectivity index (χ2v) is 14.1. The van der Waals surface area contributed by atoms with Crippen LogP contribution in [0.4, 0.5) is 0 Å². The predicted molar refractivity (Wildman–Crippen MR) is 208 cm³/mol. The first-order valence-corrected chi connectivity index (χ1v) is 17.6. The van der Waals surface area contributed by atoms with Crippen LogP contribution in [-0.2, 0) is 43.6 Å². The Labute approximate surface area is 319 Å². The molecule has 2 aliphatic heterocycles. The Morgan fingerprint density at radius 1 is 0.588 bits per heavy atom. The topological polar surface area (TPSA) is 46.9 Å². The molecule has 2 N–H and O–H groups in total. The molecule has 2 heterocycles. The fourth-order valence-electron chi connectivity index (χ4n) is 8.83. The Kier molecular flexibility index (Phi) is 13.6. The second kappa shape index (κ2) is 17.3. The van der Waals surface area contributed by atoms with Crippen LogP contribution in [0, 0.1) is 21.8 Å². The number of aliphatic hydroxyl groups is 1. The van der Waals surface area contributed by atoms with Crippen LogP contribution in [0.25, 0.3) is 0 Å². The minimum Gasteiger partial charge on any atom is -0.507 e. The van der Waals surface area contributed by atoms with E-state index in [1.165, 1.54) is 11.1 Å². The van der Waals surface area contributed by atoms with Gasteiger partial charge < -0.3 is 25.1 Å². The van der Waals surface area contributed by atoms with Gasteiger partial charge in [-0.1, -0.05) is 139 Å². The van der Waals surface area contributed by atoms with Crippen LogP contribution in [0.5, 0.6) is 5.75 Å². The number of aromatic hydroxyl groups is 1. The SMILES string of the molecule is Cc1cc(CN2CCCC2C(C)(c2ccccc2)c2ccccc2)c(O)c(CN2CCCC2C(O)(c2ccccc2)c2ccccc2)c1.[CH3-].[CH3-].[Zn+2]. The van der Waals surface area contributed by atoms with Crippen molar-refractivity contribution in [3.8, 4) is 5.75 Å². The largest absolute Gasteiger partial charge is 2.00 e. The number of phenolic OH excluding ortho intramolecular Hbond substituents is 1. The van der Waals surface area contributed by atoms with Crippen molar-refractivity contribution in [2.24, 2.45) is 0 Å². The summed E-state index contributed by atoms with van der Waals surface area (Å²) in [5.41, 5.74) is 6.18. The molecule has 2 aliphatic rings. The number of rotatable bonds is 10. The predicted octanol–water partition coefficient (Wildman–Crippen LogP) is 9.47. The van der Waals surface area contributed by atoms with Gasteiger partial charge in [-0.15, -0.1) is 0 Å². The Morgan fingerprint density at radius 3 is 1.35 bits per heavy atom. The number of hydrogen-bond acceptors (Lipinski definition) is 4. The molecule has 51 heavy (non-hydrogen) atoms. The Hall–Kier alpha value is -3.60. The number of aryl methyl sites for hydroxylation is 1. The van der Waals surface area contributed by atoms with Crippen molar-refractivity contribution in [2.45, 2.75) is 75.7 Å². The molecule has 7 rings (SSSR count). The van der Waals surface area contributed by atoms with Gasteiger partial charge in [-0.05, 0) is 74.9 Å². The molecule has 0 saturated carbocycles. The molecule has 0 radical (unpaired) electrons. The van der Waals surface area contributed by atoms with Crippen molar-refractivity contribution in [1.82, 2.24) is 9.80 Å². The van der Waals surface area contributed by atoms with Gasteiger partial charge in [0, 0.05) is 41.7 Å². The molecule has 4 nitrogen and oxygen atoms in total. The molecule has 2 atom stereocenters. The first-order valence-electron chi connectivity index (χ1n) is 17.6. The van der Waals surface area contributed by atoms with E-state index in [4.69, 9.17) is 0 Å². The summed E-state index contributed by atoms with van der Waals surface area (Å²) in [6.07, 6.45) is 4.12. The van der Waals surface area contributed by atoms with Crippen LogP contribution in [-0.4, -0.2) is 45.2 Å². The van der Waals surface area contributed by atoms with E-state index in [0.717, 1.165) is 66.6 Å². The van der Waals surface area contributed by atoms with Crippen LogP contribution in [0.15, 0.2) is 133 Å². The zero-order chi connectivity index (χ0) is 33.1. The van der Waals surface area contributed by atoms with E-state index in [-0.39, 0.29) is 45.8 Å². The number of likely N-dealkylation sites (tertiary alicyclic amines) is 2. The molecule has 0 amide bonds. The molecule has 2 fully saturated rings. The number of hydrogen-bond donors (Lipinski definition) is 2. The van der Waals surface area contributed by atoms with Crippen molar-refractivity contribution in [1.29, 1.82) is 0 Å². The van der Waals surface area contributed by atoms with Crippen LogP contribution < -0.4 is 0 Å². The summed E-state index contributed by atoms with van der Waals surface area (Å²) in [7, 11) is 0. The van der Waals surface area contributed by atoms with Gasteiger partial charge in [0.2, 0.25) is 0 Å². The maximum atomic E-state index is 12.7. The average Bonchev–Trinajstić information content (AvgIpc) is 3.81. The minimum absolute atomic E-state index is 0. The summed E-state index contributed by atoms with van der Waals surface area (Å²) in [5, 5.41) is 24.6. The van der Waals surface area contributed by atoms with Crippen LogP contribution in [0.2, 0.25) is 0 Å². The second-order valence-electron chi connectivity index (χ2n) is 14.1. The standard InChI is InChI=1S/C44H48N2O2.2CH3.Zn/c1-33-29-34(31-45-27-15-25-40(45)43(2,36-17-7-3-8-18-36)37-19-9-4-10-20-37)42(47)35(30-33)32-46-28-16-26-41(46)44(48,38-21-11-5-12-22-38)39-23-13-6-14-24-39;;;/h3-14,17-24,29-30,40-41,47-48H,15-16,25-28,31-32H2,1-2H3;2*1H3;/q;2*-1;+2. The van der Waals surface area contributed by atoms with Gasteiger partial charge in [0.15, 0.2) is 0 Å². The van der Waals surface area contributed by atoms with E-state index < -0.39 is 5.60 Å². The molecule has 5 heteroatoms. The van der Waals surface area contributed by atoms with Gasteiger partial charge in [-0.2, -0.15) is 0 Å².